The second-order valence-corrected chi connectivity index (χ2v) is 5.05. The van der Waals surface area contributed by atoms with Crippen LogP contribution in [0, 0.1) is 0 Å². The molecule has 2 rings (SSSR count). The average molecular weight is 244 g/mol. The van der Waals surface area contributed by atoms with Gasteiger partial charge in [-0.1, -0.05) is 42.8 Å². The van der Waals surface area contributed by atoms with Crippen molar-refractivity contribution in [2.24, 2.45) is 0 Å². The lowest BCUT2D eigenvalue weighted by molar-refractivity contribution is -0.143. The number of fused-ring (bicyclic) bond motifs is 1. The van der Waals surface area contributed by atoms with Crippen LogP contribution in [0.2, 0.25) is 0 Å². The number of esters is 1. The molecule has 0 bridgehead atoms. The molecule has 0 saturated carbocycles. The van der Waals surface area contributed by atoms with Crippen LogP contribution in [0.25, 0.3) is 6.08 Å². The fourth-order valence-corrected chi connectivity index (χ4v) is 2.65. The van der Waals surface area contributed by atoms with Crippen molar-refractivity contribution in [1.29, 1.82) is 0 Å². The van der Waals surface area contributed by atoms with Crippen LogP contribution in [0.5, 0.6) is 0 Å². The molecule has 1 unspecified atom stereocenters. The molecule has 1 atom stereocenters. The monoisotopic (exact) mass is 244 g/mol. The fraction of sp³-hybridized carbons (Fsp3) is 0.438. The molecule has 0 fully saturated rings. The van der Waals surface area contributed by atoms with Crippen LogP contribution in [0.15, 0.2) is 29.8 Å². The number of hydrogen-bond donors (Lipinski definition) is 0. The normalized spacial score (nSPS) is 21.4. The molecule has 0 spiro atoms. The maximum absolute atomic E-state index is 11.5. The summed E-state index contributed by atoms with van der Waals surface area (Å²) in [5.74, 6) is -0.101. The second-order valence-electron chi connectivity index (χ2n) is 5.05. The van der Waals surface area contributed by atoms with Gasteiger partial charge in [-0.2, -0.15) is 0 Å². The molecule has 1 aromatic carbocycles. The highest BCUT2D eigenvalue weighted by Crippen LogP contribution is 2.44. The van der Waals surface area contributed by atoms with E-state index < -0.39 is 0 Å². The Bertz CT molecular complexity index is 488. The first-order chi connectivity index (χ1) is 8.58. The van der Waals surface area contributed by atoms with Gasteiger partial charge in [0.2, 0.25) is 0 Å². The van der Waals surface area contributed by atoms with Crippen LogP contribution in [-0.2, 0) is 14.9 Å². The van der Waals surface area contributed by atoms with Gasteiger partial charge in [0, 0.05) is 11.8 Å². The number of ether oxygens (including phenoxy) is 1. The maximum atomic E-state index is 11.5. The third kappa shape index (κ3) is 2.20. The van der Waals surface area contributed by atoms with Crippen molar-refractivity contribution in [1.82, 2.24) is 0 Å². The number of rotatable bonds is 4. The first-order valence-corrected chi connectivity index (χ1v) is 6.52. The van der Waals surface area contributed by atoms with Crippen LogP contribution in [0.3, 0.4) is 0 Å². The van der Waals surface area contributed by atoms with Gasteiger partial charge in [-0.25, -0.2) is 0 Å². The molecule has 0 aromatic heterocycles. The predicted molar refractivity (Wildman–Crippen MR) is 73.3 cm³/mol. The van der Waals surface area contributed by atoms with Gasteiger partial charge >= 0.3 is 5.97 Å². The molecule has 0 N–H and O–H groups in total. The zero-order valence-electron chi connectivity index (χ0n) is 11.3. The van der Waals surface area contributed by atoms with Crippen molar-refractivity contribution in [3.8, 4) is 0 Å². The Hall–Kier alpha value is -1.57. The highest BCUT2D eigenvalue weighted by Gasteiger charge is 2.34. The Morgan fingerprint density at radius 2 is 2.06 bits per heavy atom. The van der Waals surface area contributed by atoms with E-state index >= 15 is 0 Å². The molecular weight excluding hydrogens is 224 g/mol. The molecule has 0 radical (unpaired) electrons. The number of carbonyl (C=O) groups is 1. The molecule has 1 aliphatic carbocycles. The SMILES string of the molecule is CCOC(=O)CCC1(C)C(C)=Cc2ccccc21. The van der Waals surface area contributed by atoms with Gasteiger partial charge in [-0.05, 0) is 31.4 Å². The predicted octanol–water partition coefficient (Wildman–Crippen LogP) is 3.70. The number of hydrogen-bond acceptors (Lipinski definition) is 2. The smallest absolute Gasteiger partial charge is 0.305 e. The Morgan fingerprint density at radius 3 is 2.78 bits per heavy atom. The van der Waals surface area contributed by atoms with Crippen molar-refractivity contribution < 1.29 is 9.53 Å². The molecule has 0 saturated heterocycles. The van der Waals surface area contributed by atoms with Gasteiger partial charge in [0.1, 0.15) is 0 Å². The van der Waals surface area contributed by atoms with E-state index in [1.807, 2.05) is 6.92 Å². The van der Waals surface area contributed by atoms with Crippen LogP contribution >= 0.6 is 0 Å². The minimum atomic E-state index is -0.101. The molecule has 2 nitrogen and oxygen atoms in total. The van der Waals surface area contributed by atoms with E-state index in [0.717, 1.165) is 6.42 Å². The van der Waals surface area contributed by atoms with Gasteiger partial charge < -0.3 is 4.74 Å². The Balaban J connectivity index is 2.16. The van der Waals surface area contributed by atoms with Crippen LogP contribution in [-0.4, -0.2) is 12.6 Å². The zero-order valence-corrected chi connectivity index (χ0v) is 11.3. The average Bonchev–Trinajstić information content (AvgIpc) is 2.61. The highest BCUT2D eigenvalue weighted by atomic mass is 16.5. The molecule has 0 aliphatic heterocycles. The van der Waals surface area contributed by atoms with Crippen molar-refractivity contribution in [3.63, 3.8) is 0 Å². The summed E-state index contributed by atoms with van der Waals surface area (Å²) in [6.45, 7) is 6.66. The summed E-state index contributed by atoms with van der Waals surface area (Å²) in [5.41, 5.74) is 3.91. The van der Waals surface area contributed by atoms with Gasteiger partial charge in [0.25, 0.3) is 0 Å². The van der Waals surface area contributed by atoms with Crippen molar-refractivity contribution in [2.75, 3.05) is 6.61 Å². The molecule has 96 valence electrons. The zero-order chi connectivity index (χ0) is 13.2. The first kappa shape index (κ1) is 12.9. The third-order valence-electron chi connectivity index (χ3n) is 3.93. The van der Waals surface area contributed by atoms with E-state index in [0.29, 0.717) is 13.0 Å². The van der Waals surface area contributed by atoms with E-state index in [4.69, 9.17) is 4.74 Å². The van der Waals surface area contributed by atoms with E-state index in [1.54, 1.807) is 0 Å². The van der Waals surface area contributed by atoms with Crippen molar-refractivity contribution in [2.45, 2.75) is 39.0 Å². The van der Waals surface area contributed by atoms with Gasteiger partial charge in [0.05, 0.1) is 6.61 Å². The summed E-state index contributed by atoms with van der Waals surface area (Å²) in [5, 5.41) is 0. The molecule has 0 amide bonds. The molecule has 0 heterocycles. The van der Waals surface area contributed by atoms with Gasteiger partial charge in [-0.15, -0.1) is 0 Å². The number of carbonyl (C=O) groups excluding carboxylic acids is 1. The molecule has 18 heavy (non-hydrogen) atoms. The minimum absolute atomic E-state index is 0.0244. The fourth-order valence-electron chi connectivity index (χ4n) is 2.65. The Kier molecular flexibility index (Phi) is 3.55. The van der Waals surface area contributed by atoms with Gasteiger partial charge in [0.15, 0.2) is 0 Å². The quantitative estimate of drug-likeness (QED) is 0.755. The van der Waals surface area contributed by atoms with E-state index in [9.17, 15) is 4.79 Å². The Morgan fingerprint density at radius 1 is 1.33 bits per heavy atom. The lowest BCUT2D eigenvalue weighted by Crippen LogP contribution is -2.22. The Labute approximate surface area is 109 Å². The van der Waals surface area contributed by atoms with Gasteiger partial charge in [-0.3, -0.25) is 4.79 Å². The maximum Gasteiger partial charge on any atom is 0.305 e. The molecule has 2 heteroatoms. The summed E-state index contributed by atoms with van der Waals surface area (Å²) in [6.07, 6.45) is 3.51. The lowest BCUT2D eigenvalue weighted by Gasteiger charge is -2.27. The summed E-state index contributed by atoms with van der Waals surface area (Å²) >= 11 is 0. The highest BCUT2D eigenvalue weighted by molar-refractivity contribution is 5.72. The summed E-state index contributed by atoms with van der Waals surface area (Å²) in [4.78, 5) is 11.5. The first-order valence-electron chi connectivity index (χ1n) is 6.52. The summed E-state index contributed by atoms with van der Waals surface area (Å²) in [6, 6.07) is 8.41. The third-order valence-corrected chi connectivity index (χ3v) is 3.93. The summed E-state index contributed by atoms with van der Waals surface area (Å²) in [7, 11) is 0. The summed E-state index contributed by atoms with van der Waals surface area (Å²) < 4.78 is 5.01. The number of allylic oxidation sites excluding steroid dienone is 1. The molecule has 1 aliphatic rings. The molecular formula is C16H20O2. The van der Waals surface area contributed by atoms with E-state index in [-0.39, 0.29) is 11.4 Å². The largest absolute Gasteiger partial charge is 0.466 e. The second kappa shape index (κ2) is 4.97. The van der Waals surface area contributed by atoms with Crippen LogP contribution in [0.1, 0.15) is 44.7 Å². The van der Waals surface area contributed by atoms with Crippen molar-refractivity contribution >= 4 is 12.0 Å². The van der Waals surface area contributed by atoms with E-state index in [2.05, 4.69) is 44.2 Å². The standard InChI is InChI=1S/C16H20O2/c1-4-18-15(17)9-10-16(3)12(2)11-13-7-5-6-8-14(13)16/h5-8,11H,4,9-10H2,1-3H3. The number of benzene rings is 1. The minimum Gasteiger partial charge on any atom is -0.466 e. The van der Waals surface area contributed by atoms with Crippen molar-refractivity contribution in [3.05, 3.63) is 41.0 Å². The lowest BCUT2D eigenvalue weighted by atomic mass is 9.76. The molecule has 1 aromatic rings. The van der Waals surface area contributed by atoms with Crippen LogP contribution < -0.4 is 0 Å². The topological polar surface area (TPSA) is 26.3 Å². The van der Waals surface area contributed by atoms with E-state index in [1.165, 1.54) is 16.7 Å². The van der Waals surface area contributed by atoms with Crippen LogP contribution in [0.4, 0.5) is 0 Å².